The molecule has 0 heterocycles. The van der Waals surface area contributed by atoms with E-state index in [9.17, 15) is 9.59 Å². The van der Waals surface area contributed by atoms with E-state index in [1.54, 1.807) is 30.3 Å². The Kier molecular flexibility index (Phi) is 5.37. The number of carbonyl (C=O) groups excluding carboxylic acids is 2. The third-order valence-corrected chi connectivity index (χ3v) is 4.75. The molecule has 114 valence electrons. The molecule has 0 saturated carbocycles. The van der Waals surface area contributed by atoms with E-state index in [1.807, 2.05) is 19.9 Å². The molecule has 0 aliphatic rings. The summed E-state index contributed by atoms with van der Waals surface area (Å²) in [5.74, 6) is -0.717. The highest BCUT2D eigenvalue weighted by molar-refractivity contribution is 9.10. The second kappa shape index (κ2) is 7.07. The zero-order chi connectivity index (χ0) is 16.3. The van der Waals surface area contributed by atoms with E-state index in [0.29, 0.717) is 11.1 Å². The summed E-state index contributed by atoms with van der Waals surface area (Å²) < 4.78 is 1.83. The van der Waals surface area contributed by atoms with Crippen LogP contribution in [0, 0.1) is 13.8 Å². The summed E-state index contributed by atoms with van der Waals surface area (Å²) in [6.45, 7) is 3.79. The lowest BCUT2D eigenvalue weighted by Crippen LogP contribution is -2.41. The number of halogens is 2. The molecule has 2 aromatic carbocycles. The topological polar surface area (TPSA) is 58.2 Å². The molecule has 0 atom stereocenters. The quantitative estimate of drug-likeness (QED) is 0.716. The van der Waals surface area contributed by atoms with Crippen LogP contribution >= 0.6 is 31.9 Å². The first-order valence-electron chi connectivity index (χ1n) is 6.52. The monoisotopic (exact) mass is 424 g/mol. The summed E-state index contributed by atoms with van der Waals surface area (Å²) in [5.41, 5.74) is 7.69. The van der Waals surface area contributed by atoms with Gasteiger partial charge in [-0.2, -0.15) is 0 Å². The molecule has 0 spiro atoms. The van der Waals surface area contributed by atoms with Crippen molar-refractivity contribution in [3.8, 4) is 0 Å². The highest BCUT2D eigenvalue weighted by Crippen LogP contribution is 2.22. The number of rotatable bonds is 2. The van der Waals surface area contributed by atoms with E-state index in [2.05, 4.69) is 42.7 Å². The zero-order valence-corrected chi connectivity index (χ0v) is 15.2. The smallest absolute Gasteiger partial charge is 0.267 e. The summed E-state index contributed by atoms with van der Waals surface area (Å²) in [4.78, 5) is 24.1. The van der Waals surface area contributed by atoms with Crippen molar-refractivity contribution in [1.29, 1.82) is 0 Å². The van der Waals surface area contributed by atoms with Gasteiger partial charge in [0.05, 0.1) is 0 Å². The molecule has 0 aromatic heterocycles. The fraction of sp³-hybridized carbons (Fsp3) is 0.125. The van der Waals surface area contributed by atoms with Gasteiger partial charge in [-0.1, -0.05) is 31.9 Å². The molecule has 0 fully saturated rings. The van der Waals surface area contributed by atoms with Crippen molar-refractivity contribution >= 4 is 43.7 Å². The maximum atomic E-state index is 12.2. The summed E-state index contributed by atoms with van der Waals surface area (Å²) in [6, 6.07) is 10.4. The van der Waals surface area contributed by atoms with Gasteiger partial charge in [0.2, 0.25) is 0 Å². The normalized spacial score (nSPS) is 10.2. The van der Waals surface area contributed by atoms with Gasteiger partial charge in [0.25, 0.3) is 11.8 Å². The van der Waals surface area contributed by atoms with Gasteiger partial charge in [0.15, 0.2) is 0 Å². The fourth-order valence-corrected chi connectivity index (χ4v) is 2.58. The van der Waals surface area contributed by atoms with Crippen molar-refractivity contribution < 1.29 is 9.59 Å². The Hall–Kier alpha value is -1.66. The number of nitrogens with one attached hydrogen (secondary N) is 2. The van der Waals surface area contributed by atoms with Crippen LogP contribution < -0.4 is 10.9 Å². The predicted octanol–water partition coefficient (Wildman–Crippen LogP) is 3.90. The van der Waals surface area contributed by atoms with Crippen molar-refractivity contribution in [2.75, 3.05) is 0 Å². The molecule has 0 saturated heterocycles. The second-order valence-electron chi connectivity index (χ2n) is 4.76. The maximum Gasteiger partial charge on any atom is 0.269 e. The molecule has 4 nitrogen and oxygen atoms in total. The number of carbonyl (C=O) groups is 2. The lowest BCUT2D eigenvalue weighted by atomic mass is 10.0. The van der Waals surface area contributed by atoms with Crippen LogP contribution in [0.3, 0.4) is 0 Å². The van der Waals surface area contributed by atoms with Crippen LogP contribution in [0.4, 0.5) is 0 Å². The van der Waals surface area contributed by atoms with E-state index in [-0.39, 0.29) is 11.8 Å². The average Bonchev–Trinajstić information content (AvgIpc) is 2.51. The van der Waals surface area contributed by atoms with E-state index in [4.69, 9.17) is 0 Å². The first-order chi connectivity index (χ1) is 10.4. The molecule has 0 unspecified atom stereocenters. The fourth-order valence-electron chi connectivity index (χ4n) is 1.89. The van der Waals surface area contributed by atoms with E-state index in [1.165, 1.54) is 0 Å². The van der Waals surface area contributed by atoms with E-state index in [0.717, 1.165) is 20.1 Å². The standard InChI is InChI=1S/C16H14Br2N2O2/c1-9-10(2)14(18)8-7-13(9)16(22)20-19-15(21)11-3-5-12(17)6-4-11/h3-8H,1-2H3,(H,19,21)(H,20,22). The molecule has 0 aliphatic carbocycles. The van der Waals surface area contributed by atoms with Crippen molar-refractivity contribution in [3.05, 3.63) is 67.6 Å². The molecule has 0 radical (unpaired) electrons. The van der Waals surface area contributed by atoms with E-state index >= 15 is 0 Å². The molecule has 6 heteroatoms. The van der Waals surface area contributed by atoms with E-state index < -0.39 is 0 Å². The van der Waals surface area contributed by atoms with Crippen LogP contribution in [0.2, 0.25) is 0 Å². The third kappa shape index (κ3) is 3.75. The number of hydrazine groups is 1. The Morgan fingerprint density at radius 1 is 0.818 bits per heavy atom. The number of hydrogen-bond donors (Lipinski definition) is 2. The summed E-state index contributed by atoms with van der Waals surface area (Å²) in [7, 11) is 0. The van der Waals surface area contributed by atoms with Gasteiger partial charge in [0, 0.05) is 20.1 Å². The van der Waals surface area contributed by atoms with Gasteiger partial charge in [-0.3, -0.25) is 20.4 Å². The minimum absolute atomic E-state index is 0.349. The highest BCUT2D eigenvalue weighted by atomic mass is 79.9. The molecular formula is C16H14Br2N2O2. The Morgan fingerprint density at radius 2 is 1.41 bits per heavy atom. The van der Waals surface area contributed by atoms with Crippen LogP contribution in [-0.2, 0) is 0 Å². The molecule has 2 N–H and O–H groups in total. The van der Waals surface area contributed by atoms with Crippen LogP contribution in [0.25, 0.3) is 0 Å². The van der Waals surface area contributed by atoms with Crippen molar-refractivity contribution in [2.24, 2.45) is 0 Å². The lowest BCUT2D eigenvalue weighted by molar-refractivity contribution is 0.0846. The van der Waals surface area contributed by atoms with Gasteiger partial charge in [0.1, 0.15) is 0 Å². The zero-order valence-electron chi connectivity index (χ0n) is 12.0. The van der Waals surface area contributed by atoms with Gasteiger partial charge < -0.3 is 0 Å². The maximum absolute atomic E-state index is 12.2. The Labute approximate surface area is 145 Å². The first kappa shape index (κ1) is 16.7. The molecule has 2 rings (SSSR count). The highest BCUT2D eigenvalue weighted by Gasteiger charge is 2.13. The summed E-state index contributed by atoms with van der Waals surface area (Å²) in [6.07, 6.45) is 0. The van der Waals surface area contributed by atoms with Crippen molar-refractivity contribution in [2.45, 2.75) is 13.8 Å². The average molecular weight is 426 g/mol. The Balaban J connectivity index is 2.05. The summed E-state index contributed by atoms with van der Waals surface area (Å²) >= 11 is 6.73. The minimum Gasteiger partial charge on any atom is -0.267 e. The molecule has 2 aromatic rings. The summed E-state index contributed by atoms with van der Waals surface area (Å²) in [5, 5.41) is 0. The molecule has 0 aliphatic heterocycles. The van der Waals surface area contributed by atoms with Crippen LogP contribution in [0.1, 0.15) is 31.8 Å². The minimum atomic E-state index is -0.368. The molecule has 2 amide bonds. The SMILES string of the molecule is Cc1c(Br)ccc(C(=O)NNC(=O)c2ccc(Br)cc2)c1C. The first-order valence-corrected chi connectivity index (χ1v) is 8.10. The van der Waals surface area contributed by atoms with Gasteiger partial charge >= 0.3 is 0 Å². The van der Waals surface area contributed by atoms with Gasteiger partial charge in [-0.15, -0.1) is 0 Å². The largest absolute Gasteiger partial charge is 0.269 e. The molecule has 22 heavy (non-hydrogen) atoms. The van der Waals surface area contributed by atoms with Crippen molar-refractivity contribution in [3.63, 3.8) is 0 Å². The lowest BCUT2D eigenvalue weighted by Gasteiger charge is -2.11. The van der Waals surface area contributed by atoms with Crippen LogP contribution in [0.15, 0.2) is 45.3 Å². The Morgan fingerprint density at radius 3 is 2.05 bits per heavy atom. The molecule has 0 bridgehead atoms. The van der Waals surface area contributed by atoms with Crippen LogP contribution in [0.5, 0.6) is 0 Å². The predicted molar refractivity (Wildman–Crippen MR) is 92.7 cm³/mol. The Bertz CT molecular complexity index is 728. The van der Waals surface area contributed by atoms with Crippen LogP contribution in [-0.4, -0.2) is 11.8 Å². The van der Waals surface area contributed by atoms with Gasteiger partial charge in [-0.05, 0) is 61.4 Å². The molecular weight excluding hydrogens is 412 g/mol. The number of amides is 2. The second-order valence-corrected chi connectivity index (χ2v) is 6.53. The van der Waals surface area contributed by atoms with Crippen molar-refractivity contribution in [1.82, 2.24) is 10.9 Å². The number of hydrogen-bond acceptors (Lipinski definition) is 2. The van der Waals surface area contributed by atoms with Gasteiger partial charge in [-0.25, -0.2) is 0 Å². The third-order valence-electron chi connectivity index (χ3n) is 3.36. The number of benzene rings is 2.